The number of aliphatic hydroxyl groups is 1. The normalized spacial score (nSPS) is 14.3. The van der Waals surface area contributed by atoms with E-state index in [2.05, 4.69) is 18.5 Å². The maximum atomic E-state index is 13.0. The van der Waals surface area contributed by atoms with Gasteiger partial charge in [0.25, 0.3) is 0 Å². The fourth-order valence-electron chi connectivity index (χ4n) is 2.77. The van der Waals surface area contributed by atoms with Gasteiger partial charge in [-0.05, 0) is 63.8 Å². The second-order valence-electron chi connectivity index (χ2n) is 7.70. The first-order chi connectivity index (χ1) is 14.1. The highest BCUT2D eigenvalue weighted by atomic mass is 16.5. The van der Waals surface area contributed by atoms with Crippen LogP contribution in [0, 0.1) is 16.7 Å². The van der Waals surface area contributed by atoms with Crippen LogP contribution in [-0.4, -0.2) is 34.9 Å². The molecule has 3 N–H and O–H groups in total. The van der Waals surface area contributed by atoms with E-state index in [0.717, 1.165) is 5.56 Å². The standard InChI is InChI=1S/C24H32N2O4/c1-6-24(5,13-11-22(18(4)16-25)30-17(2)3)23(29)26-20(12-14-27)15-19-7-9-21(28)10-8-19/h6-11,17,20,27-28H,1,4,12-15H2,2-3,5H3,(H,26,29)/b22-11+. The molecule has 0 bridgehead atoms. The molecule has 0 fully saturated rings. The number of phenols is 1. The van der Waals surface area contributed by atoms with Crippen molar-refractivity contribution in [2.45, 2.75) is 52.2 Å². The average molecular weight is 413 g/mol. The summed E-state index contributed by atoms with van der Waals surface area (Å²) in [6, 6.07) is 8.43. The van der Waals surface area contributed by atoms with E-state index < -0.39 is 5.41 Å². The topological polar surface area (TPSA) is 103 Å². The summed E-state index contributed by atoms with van der Waals surface area (Å²) >= 11 is 0. The van der Waals surface area contributed by atoms with E-state index >= 15 is 0 Å². The van der Waals surface area contributed by atoms with Crippen LogP contribution in [0.2, 0.25) is 0 Å². The lowest BCUT2D eigenvalue weighted by molar-refractivity contribution is -0.128. The first kappa shape index (κ1) is 25.0. The lowest BCUT2D eigenvalue weighted by atomic mass is 9.84. The molecule has 0 spiro atoms. The number of ether oxygens (including phenoxy) is 1. The van der Waals surface area contributed by atoms with Crippen LogP contribution in [0.3, 0.4) is 0 Å². The number of aromatic hydroxyl groups is 1. The molecule has 6 heteroatoms. The number of nitrogens with zero attached hydrogens (tertiary/aromatic N) is 1. The summed E-state index contributed by atoms with van der Waals surface area (Å²) < 4.78 is 5.65. The van der Waals surface area contributed by atoms with Crippen LogP contribution in [0.5, 0.6) is 5.75 Å². The summed E-state index contributed by atoms with van der Waals surface area (Å²) in [6.45, 7) is 12.9. The zero-order valence-corrected chi connectivity index (χ0v) is 18.0. The van der Waals surface area contributed by atoms with Crippen molar-refractivity contribution in [3.05, 3.63) is 66.5 Å². The molecule has 2 unspecified atom stereocenters. The molecule has 6 nitrogen and oxygen atoms in total. The van der Waals surface area contributed by atoms with E-state index in [-0.39, 0.29) is 42.4 Å². The molecule has 0 radical (unpaired) electrons. The molecule has 30 heavy (non-hydrogen) atoms. The molecule has 0 aliphatic carbocycles. The van der Waals surface area contributed by atoms with Gasteiger partial charge < -0.3 is 20.3 Å². The Labute approximate surface area is 179 Å². The predicted octanol–water partition coefficient (Wildman–Crippen LogP) is 3.77. The van der Waals surface area contributed by atoms with Crippen molar-refractivity contribution < 1.29 is 19.7 Å². The summed E-state index contributed by atoms with van der Waals surface area (Å²) in [7, 11) is 0. The minimum Gasteiger partial charge on any atom is -0.508 e. The van der Waals surface area contributed by atoms with Crippen molar-refractivity contribution >= 4 is 5.91 Å². The van der Waals surface area contributed by atoms with Crippen LogP contribution in [0.1, 0.15) is 39.2 Å². The first-order valence-electron chi connectivity index (χ1n) is 9.94. The lowest BCUT2D eigenvalue weighted by Gasteiger charge is -2.27. The van der Waals surface area contributed by atoms with E-state index in [1.54, 1.807) is 43.3 Å². The highest BCUT2D eigenvalue weighted by Gasteiger charge is 2.31. The van der Waals surface area contributed by atoms with E-state index in [9.17, 15) is 15.0 Å². The first-order valence-corrected chi connectivity index (χ1v) is 9.94. The number of hydrogen-bond acceptors (Lipinski definition) is 5. The minimum absolute atomic E-state index is 0.0674. The number of amides is 1. The highest BCUT2D eigenvalue weighted by Crippen LogP contribution is 2.27. The Kier molecular flexibility index (Phi) is 9.87. The Morgan fingerprint density at radius 1 is 1.37 bits per heavy atom. The number of allylic oxidation sites excluding steroid dienone is 2. The number of nitriles is 1. The Morgan fingerprint density at radius 3 is 2.50 bits per heavy atom. The number of benzene rings is 1. The van der Waals surface area contributed by atoms with Crippen molar-refractivity contribution in [2.75, 3.05) is 6.61 Å². The number of aliphatic hydroxyl groups excluding tert-OH is 1. The van der Waals surface area contributed by atoms with Crippen LogP contribution < -0.4 is 5.32 Å². The maximum absolute atomic E-state index is 13.0. The molecule has 0 aliphatic rings. The molecule has 1 aromatic rings. The lowest BCUT2D eigenvalue weighted by Crippen LogP contribution is -2.44. The molecule has 1 aromatic carbocycles. The average Bonchev–Trinajstić information content (AvgIpc) is 2.71. The van der Waals surface area contributed by atoms with Gasteiger partial charge in [-0.25, -0.2) is 0 Å². The molecule has 2 atom stereocenters. The summed E-state index contributed by atoms with van der Waals surface area (Å²) in [5.74, 6) is 0.285. The van der Waals surface area contributed by atoms with Crippen LogP contribution >= 0.6 is 0 Å². The molecular formula is C24H32N2O4. The summed E-state index contributed by atoms with van der Waals surface area (Å²) in [4.78, 5) is 13.0. The number of nitrogens with one attached hydrogen (secondary N) is 1. The molecule has 0 saturated heterocycles. The van der Waals surface area contributed by atoms with E-state index in [0.29, 0.717) is 18.6 Å². The Hall–Kier alpha value is -3.04. The molecule has 1 amide bonds. The van der Waals surface area contributed by atoms with Gasteiger partial charge in [0, 0.05) is 12.6 Å². The third-order valence-corrected chi connectivity index (χ3v) is 4.71. The van der Waals surface area contributed by atoms with Crippen molar-refractivity contribution in [3.8, 4) is 11.8 Å². The van der Waals surface area contributed by atoms with Crippen molar-refractivity contribution in [2.24, 2.45) is 5.41 Å². The number of carbonyl (C=O) groups excluding carboxylic acids is 1. The quantitative estimate of drug-likeness (QED) is 0.210. The SMILES string of the molecule is C=CC(C)(C/C=C(/OC(C)C)C(=C)C#N)C(=O)NC(CCO)Cc1ccc(O)cc1. The Morgan fingerprint density at radius 2 is 2.00 bits per heavy atom. The van der Waals surface area contributed by atoms with Gasteiger partial charge in [-0.1, -0.05) is 24.8 Å². The molecule has 0 heterocycles. The number of carbonyl (C=O) groups is 1. The van der Waals surface area contributed by atoms with Gasteiger partial charge in [-0.3, -0.25) is 4.79 Å². The highest BCUT2D eigenvalue weighted by molar-refractivity contribution is 5.84. The molecule has 0 aromatic heterocycles. The van der Waals surface area contributed by atoms with Crippen molar-refractivity contribution in [3.63, 3.8) is 0 Å². The third-order valence-electron chi connectivity index (χ3n) is 4.71. The van der Waals surface area contributed by atoms with Gasteiger partial charge in [0.05, 0.1) is 17.1 Å². The maximum Gasteiger partial charge on any atom is 0.230 e. The predicted molar refractivity (Wildman–Crippen MR) is 117 cm³/mol. The summed E-state index contributed by atoms with van der Waals surface area (Å²) in [5.41, 5.74) is 0.190. The molecule has 0 aliphatic heterocycles. The number of hydrogen-bond donors (Lipinski definition) is 3. The zero-order chi connectivity index (χ0) is 22.7. The largest absolute Gasteiger partial charge is 0.508 e. The second-order valence-corrected chi connectivity index (χ2v) is 7.70. The van der Waals surface area contributed by atoms with Crippen LogP contribution in [0.25, 0.3) is 0 Å². The number of rotatable bonds is 12. The van der Waals surface area contributed by atoms with Crippen molar-refractivity contribution in [1.82, 2.24) is 5.32 Å². The van der Waals surface area contributed by atoms with Gasteiger partial charge in [-0.2, -0.15) is 5.26 Å². The Bertz CT molecular complexity index is 805. The fraction of sp³-hybridized carbons (Fsp3) is 0.417. The fourth-order valence-corrected chi connectivity index (χ4v) is 2.77. The van der Waals surface area contributed by atoms with E-state index in [4.69, 9.17) is 10.00 Å². The Balaban J connectivity index is 2.96. The second kappa shape index (κ2) is 11.8. The third kappa shape index (κ3) is 7.76. The van der Waals surface area contributed by atoms with Gasteiger partial charge in [0.1, 0.15) is 17.6 Å². The van der Waals surface area contributed by atoms with Gasteiger partial charge in [-0.15, -0.1) is 6.58 Å². The molecular weight excluding hydrogens is 380 g/mol. The number of phenolic OH excluding ortho intramolecular Hbond substituents is 1. The summed E-state index contributed by atoms with van der Waals surface area (Å²) in [6.07, 6.45) is 4.30. The molecule has 1 rings (SSSR count). The summed E-state index contributed by atoms with van der Waals surface area (Å²) in [5, 5.41) is 31.0. The minimum atomic E-state index is -0.940. The smallest absolute Gasteiger partial charge is 0.230 e. The van der Waals surface area contributed by atoms with E-state index in [1.165, 1.54) is 0 Å². The zero-order valence-electron chi connectivity index (χ0n) is 18.0. The molecule has 162 valence electrons. The van der Waals surface area contributed by atoms with Gasteiger partial charge in [0.15, 0.2) is 0 Å². The van der Waals surface area contributed by atoms with Crippen LogP contribution in [0.4, 0.5) is 0 Å². The molecule has 0 saturated carbocycles. The van der Waals surface area contributed by atoms with E-state index in [1.807, 2.05) is 19.9 Å². The van der Waals surface area contributed by atoms with Crippen molar-refractivity contribution in [1.29, 1.82) is 5.26 Å². The van der Waals surface area contributed by atoms with Gasteiger partial charge in [0.2, 0.25) is 5.91 Å². The van der Waals surface area contributed by atoms with Crippen LogP contribution in [-0.2, 0) is 16.0 Å². The van der Waals surface area contributed by atoms with Crippen LogP contribution in [0.15, 0.2) is 60.9 Å². The van der Waals surface area contributed by atoms with Gasteiger partial charge >= 0.3 is 0 Å². The monoisotopic (exact) mass is 412 g/mol.